The Labute approximate surface area is 82.0 Å². The van der Waals surface area contributed by atoms with E-state index in [1.807, 2.05) is 0 Å². The molecule has 0 rings (SSSR count). The van der Waals surface area contributed by atoms with Crippen LogP contribution in [0.2, 0.25) is 0 Å². The molecule has 0 heterocycles. The van der Waals surface area contributed by atoms with E-state index in [0.29, 0.717) is 0 Å². The molecular formula is C9H14O5. The zero-order chi connectivity index (χ0) is 11.7. The van der Waals surface area contributed by atoms with Gasteiger partial charge in [0.25, 0.3) is 0 Å². The standard InChI is InChI=1S/C5H6O2.C4H8O3/c1-3-4(2)5(6)7;1-2-3(5)4(6)7/h3H,1-2H2,(H,6,7);3,5H,2H2,1H3,(H,6,7). The molecule has 0 bridgehead atoms. The second-order valence-electron chi connectivity index (χ2n) is 2.30. The number of carbonyl (C=O) groups is 2. The van der Waals surface area contributed by atoms with Gasteiger partial charge in [0.15, 0.2) is 6.10 Å². The van der Waals surface area contributed by atoms with Gasteiger partial charge in [-0.1, -0.05) is 26.2 Å². The molecule has 0 aromatic heterocycles. The molecule has 5 heteroatoms. The molecule has 0 aliphatic rings. The van der Waals surface area contributed by atoms with Crippen LogP contribution in [0, 0.1) is 0 Å². The molecule has 0 fully saturated rings. The van der Waals surface area contributed by atoms with Crippen LogP contribution < -0.4 is 0 Å². The summed E-state index contributed by atoms with van der Waals surface area (Å²) in [5.41, 5.74) is 0.0278. The Morgan fingerprint density at radius 3 is 1.86 bits per heavy atom. The third-order valence-electron chi connectivity index (χ3n) is 1.19. The fourth-order valence-corrected chi connectivity index (χ4v) is 0.262. The van der Waals surface area contributed by atoms with Crippen molar-refractivity contribution in [3.05, 3.63) is 24.8 Å². The average molecular weight is 202 g/mol. The van der Waals surface area contributed by atoms with Crippen LogP contribution >= 0.6 is 0 Å². The summed E-state index contributed by atoms with van der Waals surface area (Å²) in [4.78, 5) is 19.4. The number of aliphatic hydroxyl groups is 1. The van der Waals surface area contributed by atoms with E-state index >= 15 is 0 Å². The van der Waals surface area contributed by atoms with Crippen LogP contribution in [0.4, 0.5) is 0 Å². The first-order valence-electron chi connectivity index (χ1n) is 3.82. The van der Waals surface area contributed by atoms with Crippen molar-refractivity contribution in [3.8, 4) is 0 Å². The zero-order valence-electron chi connectivity index (χ0n) is 7.93. The summed E-state index contributed by atoms with van der Waals surface area (Å²) in [5, 5.41) is 24.3. The molecule has 5 nitrogen and oxygen atoms in total. The number of carboxylic acid groups (broad SMARTS) is 2. The van der Waals surface area contributed by atoms with Gasteiger partial charge < -0.3 is 15.3 Å². The normalized spacial score (nSPS) is 10.4. The molecule has 0 saturated heterocycles. The van der Waals surface area contributed by atoms with E-state index in [1.165, 1.54) is 6.08 Å². The van der Waals surface area contributed by atoms with E-state index < -0.39 is 18.0 Å². The Balaban J connectivity index is 0. The summed E-state index contributed by atoms with van der Waals surface area (Å²) < 4.78 is 0. The minimum Gasteiger partial charge on any atom is -0.479 e. The van der Waals surface area contributed by atoms with Gasteiger partial charge in [0, 0.05) is 0 Å². The fourth-order valence-electron chi connectivity index (χ4n) is 0.262. The predicted molar refractivity (Wildman–Crippen MR) is 50.9 cm³/mol. The quantitative estimate of drug-likeness (QED) is 0.459. The van der Waals surface area contributed by atoms with E-state index in [4.69, 9.17) is 15.3 Å². The third-order valence-corrected chi connectivity index (χ3v) is 1.19. The van der Waals surface area contributed by atoms with Gasteiger partial charge in [-0.05, 0) is 6.42 Å². The van der Waals surface area contributed by atoms with Crippen molar-refractivity contribution in [3.63, 3.8) is 0 Å². The lowest BCUT2D eigenvalue weighted by Crippen LogP contribution is -2.17. The molecule has 0 aromatic rings. The molecule has 0 amide bonds. The first kappa shape index (κ1) is 14.9. The number of hydrogen-bond acceptors (Lipinski definition) is 3. The van der Waals surface area contributed by atoms with Gasteiger partial charge in [-0.25, -0.2) is 9.59 Å². The summed E-state index contributed by atoms with van der Waals surface area (Å²) in [6.45, 7) is 7.97. The predicted octanol–water partition coefficient (Wildman–Crippen LogP) is 0.655. The summed E-state index contributed by atoms with van der Waals surface area (Å²) in [6, 6.07) is 0. The van der Waals surface area contributed by atoms with E-state index in [9.17, 15) is 9.59 Å². The molecule has 0 saturated carbocycles. The number of carboxylic acids is 2. The molecule has 3 N–H and O–H groups in total. The summed E-state index contributed by atoms with van der Waals surface area (Å²) in [7, 11) is 0. The topological polar surface area (TPSA) is 94.8 Å². The first-order chi connectivity index (χ1) is 6.36. The number of hydrogen-bond donors (Lipinski definition) is 3. The highest BCUT2D eigenvalue weighted by Crippen LogP contribution is 1.87. The lowest BCUT2D eigenvalue weighted by atomic mass is 10.3. The van der Waals surface area contributed by atoms with E-state index in [0.717, 1.165) is 0 Å². The monoisotopic (exact) mass is 202 g/mol. The van der Waals surface area contributed by atoms with Crippen LogP contribution in [-0.4, -0.2) is 33.4 Å². The second kappa shape index (κ2) is 8.00. The second-order valence-corrected chi connectivity index (χ2v) is 2.30. The first-order valence-corrected chi connectivity index (χ1v) is 3.82. The van der Waals surface area contributed by atoms with E-state index in [-0.39, 0.29) is 12.0 Å². The SMILES string of the molecule is C=CC(=C)C(=O)O.CCC(O)C(=O)O. The lowest BCUT2D eigenvalue weighted by molar-refractivity contribution is -0.146. The Kier molecular flexibility index (Phi) is 8.50. The third kappa shape index (κ3) is 8.48. The average Bonchev–Trinajstić information content (AvgIpc) is 2.15. The molecule has 1 unspecified atom stereocenters. The van der Waals surface area contributed by atoms with Gasteiger partial charge >= 0.3 is 11.9 Å². The van der Waals surface area contributed by atoms with E-state index in [1.54, 1.807) is 6.92 Å². The highest BCUT2D eigenvalue weighted by molar-refractivity contribution is 5.88. The van der Waals surface area contributed by atoms with Gasteiger partial charge in [-0.2, -0.15) is 0 Å². The van der Waals surface area contributed by atoms with Gasteiger partial charge in [0.05, 0.1) is 5.57 Å². The van der Waals surface area contributed by atoms with Crippen LogP contribution in [0.25, 0.3) is 0 Å². The highest BCUT2D eigenvalue weighted by Gasteiger charge is 2.07. The van der Waals surface area contributed by atoms with Crippen molar-refractivity contribution >= 4 is 11.9 Å². The summed E-state index contributed by atoms with van der Waals surface area (Å²) in [5.74, 6) is -2.17. The van der Waals surface area contributed by atoms with Crippen molar-refractivity contribution in [2.24, 2.45) is 0 Å². The molecule has 1 atom stereocenters. The molecule has 0 radical (unpaired) electrons. The largest absolute Gasteiger partial charge is 0.479 e. The molecule has 0 aliphatic heterocycles. The summed E-state index contributed by atoms with van der Waals surface area (Å²) >= 11 is 0. The minimum atomic E-state index is -1.18. The number of rotatable bonds is 4. The Morgan fingerprint density at radius 1 is 1.43 bits per heavy atom. The van der Waals surface area contributed by atoms with E-state index in [2.05, 4.69) is 13.2 Å². The highest BCUT2D eigenvalue weighted by atomic mass is 16.4. The maximum atomic E-state index is 9.76. The molecule has 80 valence electrons. The molecule has 0 aromatic carbocycles. The smallest absolute Gasteiger partial charge is 0.335 e. The summed E-state index contributed by atoms with van der Waals surface area (Å²) in [6.07, 6.45) is 0.289. The maximum absolute atomic E-state index is 9.76. The number of aliphatic hydroxyl groups excluding tert-OH is 1. The van der Waals surface area contributed by atoms with Crippen molar-refractivity contribution < 1.29 is 24.9 Å². The Hall–Kier alpha value is -1.62. The lowest BCUT2D eigenvalue weighted by Gasteiger charge is -1.95. The van der Waals surface area contributed by atoms with Crippen LogP contribution in [0.1, 0.15) is 13.3 Å². The van der Waals surface area contributed by atoms with Crippen LogP contribution in [0.15, 0.2) is 24.8 Å². The van der Waals surface area contributed by atoms with Crippen molar-refractivity contribution in [2.75, 3.05) is 0 Å². The van der Waals surface area contributed by atoms with Gasteiger partial charge in [0.2, 0.25) is 0 Å². The van der Waals surface area contributed by atoms with Crippen molar-refractivity contribution in [1.82, 2.24) is 0 Å². The molecule has 14 heavy (non-hydrogen) atoms. The van der Waals surface area contributed by atoms with Crippen molar-refractivity contribution in [1.29, 1.82) is 0 Å². The minimum absolute atomic E-state index is 0.0278. The van der Waals surface area contributed by atoms with Crippen molar-refractivity contribution in [2.45, 2.75) is 19.4 Å². The maximum Gasteiger partial charge on any atom is 0.335 e. The molecule has 0 spiro atoms. The van der Waals surface area contributed by atoms with Crippen LogP contribution in [-0.2, 0) is 9.59 Å². The molecule has 0 aliphatic carbocycles. The van der Waals surface area contributed by atoms with Crippen LogP contribution in [0.5, 0.6) is 0 Å². The molecular weight excluding hydrogens is 188 g/mol. The van der Waals surface area contributed by atoms with Crippen LogP contribution in [0.3, 0.4) is 0 Å². The number of aliphatic carboxylic acids is 2. The van der Waals surface area contributed by atoms with Gasteiger partial charge in [-0.3, -0.25) is 0 Å². The Bertz CT molecular complexity index is 231. The van der Waals surface area contributed by atoms with Gasteiger partial charge in [0.1, 0.15) is 0 Å². The fraction of sp³-hybridized carbons (Fsp3) is 0.333. The Morgan fingerprint density at radius 2 is 1.86 bits per heavy atom. The zero-order valence-corrected chi connectivity index (χ0v) is 7.93. The van der Waals surface area contributed by atoms with Gasteiger partial charge in [-0.15, -0.1) is 0 Å².